The first kappa shape index (κ1) is 44.7. The Kier molecular flexibility index (Phi) is 16.9. The first-order valence-corrected chi connectivity index (χ1v) is 16.4. The summed E-state index contributed by atoms with van der Waals surface area (Å²) in [6.45, 7) is 34.4. The number of hydrogen-bond acceptors (Lipinski definition) is 6. The summed E-state index contributed by atoms with van der Waals surface area (Å²) in [7, 11) is 0. The van der Waals surface area contributed by atoms with Crippen LogP contribution in [0.5, 0.6) is 5.75 Å². The van der Waals surface area contributed by atoms with Crippen LogP contribution in [0, 0.1) is 113 Å². The molecule has 0 amide bonds. The van der Waals surface area contributed by atoms with Gasteiger partial charge in [0.25, 0.3) is 0 Å². The molecule has 0 radical (unpaired) electrons. The Morgan fingerprint density at radius 1 is 0.549 bits per heavy atom. The number of ether oxygens (including phenoxy) is 3. The molecule has 0 aliphatic rings. The molecule has 0 atom stereocenters. The zero-order valence-corrected chi connectivity index (χ0v) is 35.7. The van der Waals surface area contributed by atoms with Crippen molar-refractivity contribution in [1.82, 2.24) is 0 Å². The van der Waals surface area contributed by atoms with Gasteiger partial charge in [-0.2, -0.15) is 17.2 Å². The van der Waals surface area contributed by atoms with Crippen molar-refractivity contribution in [2.75, 3.05) is 13.6 Å². The summed E-state index contributed by atoms with van der Waals surface area (Å²) in [6, 6.07) is 3.44. The van der Waals surface area contributed by atoms with E-state index in [0.29, 0.717) is 11.1 Å². The minimum absolute atomic E-state index is 0. The molecular formula is C44H51O6W-. The molecule has 0 saturated carbocycles. The second kappa shape index (κ2) is 19.3. The minimum atomic E-state index is -0.578. The average Bonchev–Trinajstić information content (AvgIpc) is 3.06. The predicted molar refractivity (Wildman–Crippen MR) is 201 cm³/mol. The van der Waals surface area contributed by atoms with E-state index >= 15 is 0 Å². The number of aliphatic hydroxyl groups excluding tert-OH is 1. The molecule has 6 nitrogen and oxygen atoms in total. The van der Waals surface area contributed by atoms with E-state index in [1.807, 2.05) is 13.8 Å². The molecule has 3 aromatic carbocycles. The standard InChI is InChI=1S/C39H43O3.C5H8O3.W/c1-21(2)39(40)42-20-41-38-32(13)30(11)37(31(12)33(38)14)18-17-36-28(9)26(7)35(27(8)29(36)10)16-15-34-24(5)22(3)19-23(4)25(34)6;1-4(2)5(7)8-3-6;/h1,20H2,2-14H3;6H,1,3H2,2H3;/q-1;;. The normalized spacial score (nSPS) is 9.86. The van der Waals surface area contributed by atoms with Crippen LogP contribution < -0.4 is 4.74 Å². The van der Waals surface area contributed by atoms with Crippen molar-refractivity contribution in [1.29, 1.82) is 0 Å². The van der Waals surface area contributed by atoms with E-state index in [-0.39, 0.29) is 27.9 Å². The number of rotatable bonds is 6. The van der Waals surface area contributed by atoms with E-state index in [1.54, 1.807) is 6.92 Å². The molecule has 0 aromatic heterocycles. The third-order valence-electron chi connectivity index (χ3n) is 9.34. The smallest absolute Gasteiger partial charge is 0.335 e. The van der Waals surface area contributed by atoms with Crippen LogP contribution in [0.4, 0.5) is 0 Å². The van der Waals surface area contributed by atoms with Gasteiger partial charge in [0.05, 0.1) is 0 Å². The van der Waals surface area contributed by atoms with Gasteiger partial charge in [0, 0.05) is 48.9 Å². The molecule has 0 aliphatic carbocycles. The fourth-order valence-electron chi connectivity index (χ4n) is 5.38. The Morgan fingerprint density at radius 3 is 1.14 bits per heavy atom. The topological polar surface area (TPSA) is 82.1 Å². The van der Waals surface area contributed by atoms with Crippen molar-refractivity contribution in [3.8, 4) is 29.4 Å². The van der Waals surface area contributed by atoms with E-state index in [1.165, 1.54) is 18.1 Å². The Hall–Kier alpha value is -4.35. The fourth-order valence-corrected chi connectivity index (χ4v) is 5.38. The number of hydrogen-bond donors (Lipinski definition) is 1. The van der Waals surface area contributed by atoms with E-state index in [2.05, 4.69) is 117 Å². The summed E-state index contributed by atoms with van der Waals surface area (Å²) < 4.78 is 15.2. The molecule has 0 fully saturated rings. The Labute approximate surface area is 320 Å². The van der Waals surface area contributed by atoms with Gasteiger partial charge in [-0.15, -0.1) is 11.1 Å². The molecule has 51 heavy (non-hydrogen) atoms. The molecule has 0 heterocycles. The van der Waals surface area contributed by atoms with Crippen LogP contribution >= 0.6 is 0 Å². The van der Waals surface area contributed by atoms with Crippen LogP contribution in [-0.4, -0.2) is 30.6 Å². The Balaban J connectivity index is 0.00000129. The van der Waals surface area contributed by atoms with Crippen LogP contribution in [0.3, 0.4) is 0 Å². The molecule has 0 bridgehead atoms. The molecule has 7 heteroatoms. The van der Waals surface area contributed by atoms with Crippen molar-refractivity contribution in [2.24, 2.45) is 0 Å². The van der Waals surface area contributed by atoms with E-state index in [0.717, 1.165) is 83.6 Å². The summed E-state index contributed by atoms with van der Waals surface area (Å²) in [5.74, 6) is 13.7. The molecule has 0 aliphatic heterocycles. The van der Waals surface area contributed by atoms with Crippen LogP contribution in [0.25, 0.3) is 0 Å². The van der Waals surface area contributed by atoms with Crippen LogP contribution in [-0.2, 0) is 40.1 Å². The van der Waals surface area contributed by atoms with Crippen molar-refractivity contribution >= 4 is 11.9 Å². The van der Waals surface area contributed by atoms with Crippen molar-refractivity contribution in [3.63, 3.8) is 0 Å². The number of aliphatic hydroxyl groups is 1. The first-order chi connectivity index (χ1) is 23.3. The fraction of sp³-hybridized carbons (Fsp3) is 0.364. The molecule has 0 unspecified atom stereocenters. The van der Waals surface area contributed by atoms with Gasteiger partial charge in [-0.1, -0.05) is 70.1 Å². The van der Waals surface area contributed by atoms with Gasteiger partial charge in [-0.3, -0.25) is 0 Å². The number of carbonyl (C=O) groups is 2. The summed E-state index contributed by atoms with van der Waals surface area (Å²) in [4.78, 5) is 22.0. The summed E-state index contributed by atoms with van der Waals surface area (Å²) >= 11 is 0. The quantitative estimate of drug-likeness (QED) is 0.0881. The van der Waals surface area contributed by atoms with E-state index in [4.69, 9.17) is 14.6 Å². The van der Waals surface area contributed by atoms with Gasteiger partial charge in [-0.05, 0) is 114 Å². The number of benzene rings is 3. The predicted octanol–water partition coefficient (Wildman–Crippen LogP) is 8.50. The van der Waals surface area contributed by atoms with Gasteiger partial charge < -0.3 is 19.3 Å². The number of aryl methyl sites for hydroxylation is 2. The average molecular weight is 860 g/mol. The van der Waals surface area contributed by atoms with E-state index in [9.17, 15) is 9.59 Å². The van der Waals surface area contributed by atoms with Crippen LogP contribution in [0.1, 0.15) is 103 Å². The maximum Gasteiger partial charge on any atom is 0.335 e. The second-order valence-corrected chi connectivity index (χ2v) is 12.8. The van der Waals surface area contributed by atoms with Gasteiger partial charge in [0.15, 0.2) is 6.79 Å². The van der Waals surface area contributed by atoms with Gasteiger partial charge >= 0.3 is 11.9 Å². The molecule has 0 saturated heterocycles. The summed E-state index contributed by atoms with van der Waals surface area (Å²) in [5, 5.41) is 8.00. The molecule has 1 N–H and O–H groups in total. The summed E-state index contributed by atoms with van der Waals surface area (Å²) in [6.07, 6.45) is 0. The first-order valence-electron chi connectivity index (χ1n) is 16.4. The molecule has 270 valence electrons. The number of carbonyl (C=O) groups excluding carboxylic acids is 2. The second-order valence-electron chi connectivity index (χ2n) is 12.8. The minimum Gasteiger partial charge on any atom is -0.457 e. The SMILES string of the molecule is C=C(C)C(=O)OCO.C=C(C)C(=O)OCOc1c(C)c(C)c(C#Cc2c(C)c(C)c(C#Cc3c(C)c(C)[c-]c(C)c3C)c(C)c2C)c(C)c1C.[W]. The molecule has 0 spiro atoms. The van der Waals surface area contributed by atoms with Crippen molar-refractivity contribution in [3.05, 3.63) is 119 Å². The maximum absolute atomic E-state index is 11.8. The Morgan fingerprint density at radius 2 is 0.843 bits per heavy atom. The molecule has 3 rings (SSSR count). The van der Waals surface area contributed by atoms with Crippen LogP contribution in [0.15, 0.2) is 24.3 Å². The van der Waals surface area contributed by atoms with Crippen molar-refractivity contribution in [2.45, 2.75) is 96.9 Å². The van der Waals surface area contributed by atoms with Gasteiger partial charge in [0.2, 0.25) is 6.79 Å². The van der Waals surface area contributed by atoms with Gasteiger partial charge in [-0.25, -0.2) is 9.59 Å². The monoisotopic (exact) mass is 859 g/mol. The molecule has 3 aromatic rings. The van der Waals surface area contributed by atoms with Gasteiger partial charge in [0.1, 0.15) is 5.75 Å². The Bertz CT molecular complexity index is 1920. The molecular weight excluding hydrogens is 808 g/mol. The summed E-state index contributed by atoms with van der Waals surface area (Å²) in [5.41, 5.74) is 18.2. The number of esters is 2. The zero-order chi connectivity index (χ0) is 38.2. The van der Waals surface area contributed by atoms with Crippen molar-refractivity contribution < 1.29 is 50.0 Å². The third-order valence-corrected chi connectivity index (χ3v) is 9.34. The van der Waals surface area contributed by atoms with Crippen LogP contribution in [0.2, 0.25) is 0 Å². The third kappa shape index (κ3) is 10.6. The maximum atomic E-state index is 11.8. The van der Waals surface area contributed by atoms with E-state index < -0.39 is 18.7 Å². The largest absolute Gasteiger partial charge is 0.457 e. The zero-order valence-electron chi connectivity index (χ0n) is 32.7.